The van der Waals surface area contributed by atoms with Crippen molar-refractivity contribution in [3.63, 3.8) is 0 Å². The van der Waals surface area contributed by atoms with Crippen LogP contribution in [0, 0.1) is 0 Å². The number of aliphatic hydroxyl groups excluding tert-OH is 1. The number of aromatic nitrogens is 3. The molecule has 0 saturated carbocycles. The standard InChI is InChI=1S/C15H23F2N5O2/c16-15(17)3-6-20(7-4-15)12-8-21(9-13(12)23)14(24)2-1-5-22-11-18-10-19-22/h10-13,23H,1-9H2/t12-,13-/m0/s1. The van der Waals surface area contributed by atoms with Crippen molar-refractivity contribution in [2.45, 2.75) is 50.3 Å². The summed E-state index contributed by atoms with van der Waals surface area (Å²) in [6, 6.07) is -0.236. The largest absolute Gasteiger partial charge is 0.390 e. The van der Waals surface area contributed by atoms with Gasteiger partial charge in [0.05, 0.1) is 12.1 Å². The predicted molar refractivity (Wildman–Crippen MR) is 81.4 cm³/mol. The molecular weight excluding hydrogens is 320 g/mol. The molecule has 1 amide bonds. The SMILES string of the molecule is O=C(CCCn1cncn1)N1C[C@H](O)[C@@H](N2CCC(F)(F)CC2)C1. The van der Waals surface area contributed by atoms with Crippen molar-refractivity contribution in [2.75, 3.05) is 26.2 Å². The highest BCUT2D eigenvalue weighted by molar-refractivity contribution is 5.76. The van der Waals surface area contributed by atoms with Gasteiger partial charge in [0.25, 0.3) is 5.92 Å². The molecule has 0 aromatic carbocycles. The Morgan fingerprint density at radius 2 is 2.04 bits per heavy atom. The van der Waals surface area contributed by atoms with Gasteiger partial charge in [-0.15, -0.1) is 0 Å². The lowest BCUT2D eigenvalue weighted by molar-refractivity contribution is -0.130. The molecule has 1 aromatic rings. The third-order valence-corrected chi connectivity index (χ3v) is 4.85. The number of aryl methyl sites for hydroxylation is 1. The molecule has 2 saturated heterocycles. The zero-order valence-electron chi connectivity index (χ0n) is 13.5. The van der Waals surface area contributed by atoms with E-state index in [-0.39, 0.29) is 44.4 Å². The first-order valence-electron chi connectivity index (χ1n) is 8.35. The third kappa shape index (κ3) is 4.07. The summed E-state index contributed by atoms with van der Waals surface area (Å²) in [5.41, 5.74) is 0. The highest BCUT2D eigenvalue weighted by Gasteiger charge is 2.42. The van der Waals surface area contributed by atoms with Gasteiger partial charge in [-0.25, -0.2) is 13.8 Å². The molecule has 2 fully saturated rings. The maximum Gasteiger partial charge on any atom is 0.250 e. The summed E-state index contributed by atoms with van der Waals surface area (Å²) in [6.45, 7) is 1.84. The Morgan fingerprint density at radius 3 is 2.71 bits per heavy atom. The van der Waals surface area contributed by atoms with Gasteiger partial charge in [0.1, 0.15) is 12.7 Å². The zero-order valence-corrected chi connectivity index (χ0v) is 13.5. The van der Waals surface area contributed by atoms with Crippen LogP contribution in [0.4, 0.5) is 8.78 Å². The van der Waals surface area contributed by atoms with Gasteiger partial charge in [0.2, 0.25) is 5.91 Å². The minimum Gasteiger partial charge on any atom is -0.390 e. The molecule has 3 heterocycles. The van der Waals surface area contributed by atoms with Gasteiger partial charge < -0.3 is 10.0 Å². The zero-order chi connectivity index (χ0) is 17.2. The fourth-order valence-corrected chi connectivity index (χ4v) is 3.41. The minimum atomic E-state index is -2.60. The Labute approximate surface area is 139 Å². The maximum atomic E-state index is 13.3. The highest BCUT2D eigenvalue weighted by atomic mass is 19.3. The number of nitrogens with zero attached hydrogens (tertiary/aromatic N) is 5. The summed E-state index contributed by atoms with van der Waals surface area (Å²) < 4.78 is 28.2. The second kappa shape index (κ2) is 7.10. The number of hydrogen-bond acceptors (Lipinski definition) is 5. The number of carbonyl (C=O) groups excluding carboxylic acids is 1. The molecule has 7 nitrogen and oxygen atoms in total. The lowest BCUT2D eigenvalue weighted by Crippen LogP contribution is -2.49. The molecule has 3 rings (SSSR count). The smallest absolute Gasteiger partial charge is 0.250 e. The van der Waals surface area contributed by atoms with Crippen LogP contribution in [0.2, 0.25) is 0 Å². The van der Waals surface area contributed by atoms with Gasteiger partial charge >= 0.3 is 0 Å². The van der Waals surface area contributed by atoms with Crippen LogP contribution in [0.5, 0.6) is 0 Å². The first-order valence-corrected chi connectivity index (χ1v) is 8.35. The molecule has 1 N–H and O–H groups in total. The molecule has 2 aliphatic heterocycles. The van der Waals surface area contributed by atoms with Crippen molar-refractivity contribution in [3.05, 3.63) is 12.7 Å². The van der Waals surface area contributed by atoms with E-state index in [9.17, 15) is 18.7 Å². The lowest BCUT2D eigenvalue weighted by atomic mass is 10.0. The van der Waals surface area contributed by atoms with E-state index in [1.165, 1.54) is 6.33 Å². The molecule has 24 heavy (non-hydrogen) atoms. The maximum absolute atomic E-state index is 13.3. The first-order chi connectivity index (χ1) is 11.4. The number of carbonyl (C=O) groups is 1. The Kier molecular flexibility index (Phi) is 5.09. The van der Waals surface area contributed by atoms with Gasteiger partial charge in [-0.3, -0.25) is 14.4 Å². The van der Waals surface area contributed by atoms with Crippen LogP contribution in [0.1, 0.15) is 25.7 Å². The van der Waals surface area contributed by atoms with Crippen molar-refractivity contribution >= 4 is 5.91 Å². The molecule has 0 aliphatic carbocycles. The fourth-order valence-electron chi connectivity index (χ4n) is 3.41. The van der Waals surface area contributed by atoms with E-state index in [4.69, 9.17) is 0 Å². The monoisotopic (exact) mass is 343 g/mol. The van der Waals surface area contributed by atoms with Crippen LogP contribution in [0.25, 0.3) is 0 Å². The van der Waals surface area contributed by atoms with Gasteiger partial charge in [0, 0.05) is 52.0 Å². The molecule has 0 unspecified atom stereocenters. The molecule has 1 aromatic heterocycles. The van der Waals surface area contributed by atoms with Crippen molar-refractivity contribution in [3.8, 4) is 0 Å². The number of rotatable bonds is 5. The second-order valence-corrected chi connectivity index (χ2v) is 6.59. The molecular formula is C15H23F2N5O2. The van der Waals surface area contributed by atoms with Crippen molar-refractivity contribution < 1.29 is 18.7 Å². The number of aliphatic hydroxyl groups is 1. The Morgan fingerprint density at radius 1 is 1.29 bits per heavy atom. The Bertz CT molecular complexity index is 544. The number of amides is 1. The number of halogens is 2. The van der Waals surface area contributed by atoms with E-state index in [0.29, 0.717) is 25.9 Å². The first kappa shape index (κ1) is 17.2. The molecule has 0 spiro atoms. The van der Waals surface area contributed by atoms with Crippen molar-refractivity contribution in [1.82, 2.24) is 24.6 Å². The summed E-state index contributed by atoms with van der Waals surface area (Å²) in [4.78, 5) is 19.7. The molecule has 0 radical (unpaired) electrons. The van der Waals surface area contributed by atoms with Gasteiger partial charge in [-0.1, -0.05) is 0 Å². The lowest BCUT2D eigenvalue weighted by Gasteiger charge is -2.36. The number of β-amino-alcohol motifs (C(OH)–C–C–N with tert-alkyl or cyclic N) is 1. The summed E-state index contributed by atoms with van der Waals surface area (Å²) in [5.74, 6) is -2.62. The van der Waals surface area contributed by atoms with Gasteiger partial charge in [-0.05, 0) is 6.42 Å². The highest BCUT2D eigenvalue weighted by Crippen LogP contribution is 2.30. The molecule has 0 bridgehead atoms. The Hall–Kier alpha value is -1.61. The number of hydrogen-bond donors (Lipinski definition) is 1. The van der Waals surface area contributed by atoms with Crippen LogP contribution < -0.4 is 0 Å². The summed E-state index contributed by atoms with van der Waals surface area (Å²) in [7, 11) is 0. The summed E-state index contributed by atoms with van der Waals surface area (Å²) >= 11 is 0. The predicted octanol–water partition coefficient (Wildman–Crippen LogP) is 0.361. The minimum absolute atomic E-state index is 0.0148. The fraction of sp³-hybridized carbons (Fsp3) is 0.800. The van der Waals surface area contributed by atoms with Crippen molar-refractivity contribution in [1.29, 1.82) is 0 Å². The average Bonchev–Trinajstić information content (AvgIpc) is 3.17. The normalized spacial score (nSPS) is 27.5. The topological polar surface area (TPSA) is 74.5 Å². The third-order valence-electron chi connectivity index (χ3n) is 4.85. The quantitative estimate of drug-likeness (QED) is 0.836. The molecule has 2 aliphatic rings. The van der Waals surface area contributed by atoms with Crippen molar-refractivity contribution in [2.24, 2.45) is 0 Å². The number of alkyl halides is 2. The van der Waals surface area contributed by atoms with Gasteiger partial charge in [-0.2, -0.15) is 5.10 Å². The van der Waals surface area contributed by atoms with Crippen LogP contribution in [0.3, 0.4) is 0 Å². The summed E-state index contributed by atoms with van der Waals surface area (Å²) in [6.07, 6.45) is 3.05. The second-order valence-electron chi connectivity index (χ2n) is 6.59. The van der Waals surface area contributed by atoms with Crippen LogP contribution >= 0.6 is 0 Å². The van der Waals surface area contributed by atoms with E-state index < -0.39 is 12.0 Å². The average molecular weight is 343 g/mol. The van der Waals surface area contributed by atoms with Crippen LogP contribution in [-0.4, -0.2) is 79.8 Å². The van der Waals surface area contributed by atoms with E-state index >= 15 is 0 Å². The number of piperidine rings is 1. The Balaban J connectivity index is 1.45. The molecule has 134 valence electrons. The number of likely N-dealkylation sites (tertiary alicyclic amines) is 2. The molecule has 9 heteroatoms. The van der Waals surface area contributed by atoms with E-state index in [2.05, 4.69) is 10.1 Å². The van der Waals surface area contributed by atoms with E-state index in [1.807, 2.05) is 4.90 Å². The van der Waals surface area contributed by atoms with Gasteiger partial charge in [0.15, 0.2) is 0 Å². The van der Waals surface area contributed by atoms with E-state index in [0.717, 1.165) is 0 Å². The summed E-state index contributed by atoms with van der Waals surface area (Å²) in [5, 5.41) is 14.2. The van der Waals surface area contributed by atoms with Crippen LogP contribution in [-0.2, 0) is 11.3 Å². The van der Waals surface area contributed by atoms with E-state index in [1.54, 1.807) is 15.9 Å². The molecule has 2 atom stereocenters. The van der Waals surface area contributed by atoms with Crippen LogP contribution in [0.15, 0.2) is 12.7 Å².